The zero-order valence-corrected chi connectivity index (χ0v) is 13.8. The molecule has 1 aliphatic heterocycles. The minimum Gasteiger partial charge on any atom is -0.508 e. The van der Waals surface area contributed by atoms with E-state index in [0.29, 0.717) is 32.7 Å². The largest absolute Gasteiger partial charge is 0.508 e. The predicted octanol–water partition coefficient (Wildman–Crippen LogP) is 1.62. The van der Waals surface area contributed by atoms with Crippen LogP contribution < -0.4 is 0 Å². The van der Waals surface area contributed by atoms with Crippen LogP contribution in [0, 0.1) is 0 Å². The second-order valence-corrected chi connectivity index (χ2v) is 8.02. The van der Waals surface area contributed by atoms with E-state index >= 15 is 0 Å². The molecule has 112 valence electrons. The van der Waals surface area contributed by atoms with Gasteiger partial charge in [0.05, 0.1) is 5.75 Å². The van der Waals surface area contributed by atoms with Crippen LogP contribution in [0.3, 0.4) is 0 Å². The van der Waals surface area contributed by atoms with E-state index in [1.165, 1.54) is 0 Å². The second-order valence-electron chi connectivity index (χ2n) is 4.85. The lowest BCUT2D eigenvalue weighted by Crippen LogP contribution is -2.48. The molecular formula is C13H19BrN2O3S. The normalized spacial score (nSPS) is 18.3. The smallest absolute Gasteiger partial charge is 0.213 e. The van der Waals surface area contributed by atoms with Crippen LogP contribution in [0.1, 0.15) is 12.5 Å². The number of hydrogen-bond donors (Lipinski definition) is 1. The molecule has 0 spiro atoms. The van der Waals surface area contributed by atoms with Gasteiger partial charge in [0.2, 0.25) is 10.0 Å². The maximum Gasteiger partial charge on any atom is 0.213 e. The highest BCUT2D eigenvalue weighted by Crippen LogP contribution is 2.23. The Morgan fingerprint density at radius 1 is 1.25 bits per heavy atom. The fourth-order valence-corrected chi connectivity index (χ4v) is 3.76. The lowest BCUT2D eigenvalue weighted by molar-refractivity contribution is 0.180. The molecule has 0 atom stereocenters. The van der Waals surface area contributed by atoms with Gasteiger partial charge in [-0.25, -0.2) is 8.42 Å². The van der Waals surface area contributed by atoms with Crippen LogP contribution in [0.25, 0.3) is 0 Å². The van der Waals surface area contributed by atoms with Crippen LogP contribution in [-0.4, -0.2) is 54.7 Å². The molecule has 20 heavy (non-hydrogen) atoms. The van der Waals surface area contributed by atoms with Crippen LogP contribution >= 0.6 is 15.9 Å². The van der Waals surface area contributed by atoms with Gasteiger partial charge in [0, 0.05) is 42.8 Å². The summed E-state index contributed by atoms with van der Waals surface area (Å²) in [5.74, 6) is 0.427. The molecule has 1 N–H and O–H groups in total. The monoisotopic (exact) mass is 362 g/mol. The van der Waals surface area contributed by atoms with Crippen molar-refractivity contribution < 1.29 is 13.5 Å². The molecule has 1 aliphatic rings. The number of sulfonamides is 1. The summed E-state index contributed by atoms with van der Waals surface area (Å²) in [5.41, 5.74) is 0.853. The first kappa shape index (κ1) is 15.8. The summed E-state index contributed by atoms with van der Waals surface area (Å²) in [4.78, 5) is 2.16. The summed E-state index contributed by atoms with van der Waals surface area (Å²) in [7, 11) is -3.08. The molecule has 0 aromatic heterocycles. The number of rotatable bonds is 4. The average Bonchev–Trinajstić information content (AvgIpc) is 2.43. The number of piperazine rings is 1. The molecule has 2 rings (SSSR count). The Kier molecular flexibility index (Phi) is 5.06. The molecule has 1 aromatic carbocycles. The fraction of sp³-hybridized carbons (Fsp3) is 0.538. The van der Waals surface area contributed by atoms with E-state index in [9.17, 15) is 13.5 Å². The van der Waals surface area contributed by atoms with Crippen molar-refractivity contribution in [3.05, 3.63) is 28.2 Å². The molecule has 1 saturated heterocycles. The third kappa shape index (κ3) is 3.72. The summed E-state index contributed by atoms with van der Waals surface area (Å²) < 4.78 is 26.0. The molecule has 5 nitrogen and oxygen atoms in total. The van der Waals surface area contributed by atoms with Gasteiger partial charge in [0.1, 0.15) is 5.75 Å². The number of phenols is 1. The quantitative estimate of drug-likeness (QED) is 0.883. The predicted molar refractivity (Wildman–Crippen MR) is 82.1 cm³/mol. The topological polar surface area (TPSA) is 60.9 Å². The van der Waals surface area contributed by atoms with E-state index in [1.54, 1.807) is 23.4 Å². The average molecular weight is 363 g/mol. The molecule has 0 bridgehead atoms. The highest BCUT2D eigenvalue weighted by atomic mass is 79.9. The number of phenolic OH excluding ortho intramolecular Hbond substituents is 1. The van der Waals surface area contributed by atoms with Crippen LogP contribution in [0.2, 0.25) is 0 Å². The Morgan fingerprint density at radius 2 is 1.90 bits per heavy atom. The van der Waals surface area contributed by atoms with Gasteiger partial charge in [-0.2, -0.15) is 4.31 Å². The van der Waals surface area contributed by atoms with Crippen molar-refractivity contribution in [2.24, 2.45) is 0 Å². The number of halogens is 1. The number of aromatic hydroxyl groups is 1. The van der Waals surface area contributed by atoms with E-state index in [2.05, 4.69) is 20.8 Å². The zero-order chi connectivity index (χ0) is 14.8. The van der Waals surface area contributed by atoms with E-state index in [-0.39, 0.29) is 11.5 Å². The molecule has 1 fully saturated rings. The van der Waals surface area contributed by atoms with Gasteiger partial charge in [-0.3, -0.25) is 4.90 Å². The molecule has 0 amide bonds. The van der Waals surface area contributed by atoms with E-state index in [4.69, 9.17) is 0 Å². The van der Waals surface area contributed by atoms with Crippen LogP contribution in [0.15, 0.2) is 22.7 Å². The van der Waals surface area contributed by atoms with Crippen LogP contribution in [0.5, 0.6) is 5.75 Å². The first-order valence-electron chi connectivity index (χ1n) is 6.60. The summed E-state index contributed by atoms with van der Waals surface area (Å²) in [5, 5.41) is 9.83. The van der Waals surface area contributed by atoms with E-state index in [0.717, 1.165) is 10.0 Å². The zero-order valence-electron chi connectivity index (χ0n) is 11.4. The van der Waals surface area contributed by atoms with Gasteiger partial charge in [0.15, 0.2) is 0 Å². The molecule has 7 heteroatoms. The lowest BCUT2D eigenvalue weighted by atomic mass is 10.2. The third-order valence-electron chi connectivity index (χ3n) is 3.52. The highest BCUT2D eigenvalue weighted by molar-refractivity contribution is 9.10. The van der Waals surface area contributed by atoms with Crippen molar-refractivity contribution in [1.82, 2.24) is 9.21 Å². The number of nitrogens with zero attached hydrogens (tertiary/aromatic N) is 2. The maximum absolute atomic E-state index is 11.8. The molecule has 0 radical (unpaired) electrons. The first-order chi connectivity index (χ1) is 9.42. The molecule has 0 saturated carbocycles. The van der Waals surface area contributed by atoms with Crippen molar-refractivity contribution >= 4 is 26.0 Å². The van der Waals surface area contributed by atoms with E-state index in [1.807, 2.05) is 6.07 Å². The Hall–Kier alpha value is -0.630. The number of benzene rings is 1. The summed E-state index contributed by atoms with van der Waals surface area (Å²) >= 11 is 3.39. The number of hydrogen-bond acceptors (Lipinski definition) is 4. The van der Waals surface area contributed by atoms with Gasteiger partial charge in [-0.15, -0.1) is 0 Å². The molecule has 0 unspecified atom stereocenters. The van der Waals surface area contributed by atoms with Gasteiger partial charge < -0.3 is 5.11 Å². The first-order valence-corrected chi connectivity index (χ1v) is 9.00. The van der Waals surface area contributed by atoms with Gasteiger partial charge in [-0.1, -0.05) is 15.9 Å². The second kappa shape index (κ2) is 6.43. The minimum absolute atomic E-state index is 0.152. The highest BCUT2D eigenvalue weighted by Gasteiger charge is 2.25. The molecular weight excluding hydrogens is 344 g/mol. The molecule has 1 aromatic rings. The minimum atomic E-state index is -3.08. The molecule has 1 heterocycles. The van der Waals surface area contributed by atoms with Crippen molar-refractivity contribution in [2.45, 2.75) is 13.5 Å². The summed E-state index contributed by atoms with van der Waals surface area (Å²) in [6.07, 6.45) is 0. The maximum atomic E-state index is 11.8. The van der Waals surface area contributed by atoms with E-state index < -0.39 is 10.0 Å². The van der Waals surface area contributed by atoms with Crippen molar-refractivity contribution in [3.8, 4) is 5.75 Å². The fourth-order valence-electron chi connectivity index (χ4n) is 2.27. The van der Waals surface area contributed by atoms with Crippen molar-refractivity contribution in [3.63, 3.8) is 0 Å². The standard InChI is InChI=1S/C13H19BrN2O3S/c1-2-20(18,19)16-7-5-15(6-8-16)10-11-9-12(14)3-4-13(11)17/h3-4,9,17H,2,5-8,10H2,1H3. The van der Waals surface area contributed by atoms with Gasteiger partial charge in [0.25, 0.3) is 0 Å². The van der Waals surface area contributed by atoms with Crippen molar-refractivity contribution in [1.29, 1.82) is 0 Å². The Bertz CT molecular complexity index is 569. The Labute approximate surface area is 128 Å². The van der Waals surface area contributed by atoms with Gasteiger partial charge >= 0.3 is 0 Å². The lowest BCUT2D eigenvalue weighted by Gasteiger charge is -2.33. The summed E-state index contributed by atoms with van der Waals surface area (Å²) in [6.45, 7) is 4.71. The van der Waals surface area contributed by atoms with Crippen LogP contribution in [0.4, 0.5) is 0 Å². The van der Waals surface area contributed by atoms with Crippen molar-refractivity contribution in [2.75, 3.05) is 31.9 Å². The Morgan fingerprint density at radius 3 is 2.50 bits per heavy atom. The Balaban J connectivity index is 1.96. The van der Waals surface area contributed by atoms with Gasteiger partial charge in [-0.05, 0) is 25.1 Å². The van der Waals surface area contributed by atoms with Crippen LogP contribution in [-0.2, 0) is 16.6 Å². The summed E-state index contributed by atoms with van der Waals surface area (Å²) in [6, 6.07) is 5.35. The SMILES string of the molecule is CCS(=O)(=O)N1CCN(Cc2cc(Br)ccc2O)CC1. The molecule has 0 aliphatic carbocycles. The third-order valence-corrected chi connectivity index (χ3v) is 5.90.